The number of fused-ring (bicyclic) bond motifs is 1. The summed E-state index contributed by atoms with van der Waals surface area (Å²) in [6.07, 6.45) is 1.73. The van der Waals surface area contributed by atoms with Gasteiger partial charge in [0, 0.05) is 5.39 Å². The molecule has 0 bridgehead atoms. The molecule has 0 radical (unpaired) electrons. The molecule has 1 aromatic carbocycles. The molecule has 1 nitrogen and oxygen atoms in total. The number of rotatable bonds is 1. The van der Waals surface area contributed by atoms with Gasteiger partial charge in [0.15, 0.2) is 0 Å². The average Bonchev–Trinajstić information content (AvgIpc) is 2.67. The second-order valence-corrected chi connectivity index (χ2v) is 3.37. The Morgan fingerprint density at radius 1 is 1.07 bits per heavy atom. The first-order valence-electron chi connectivity index (χ1n) is 5.24. The first-order valence-corrected chi connectivity index (χ1v) is 5.24. The minimum absolute atomic E-state index is 0.587. The van der Waals surface area contributed by atoms with E-state index in [1.807, 2.05) is 26.0 Å². The molecule has 0 unspecified atom stereocenters. The van der Waals surface area contributed by atoms with E-state index in [9.17, 15) is 0 Å². The van der Waals surface area contributed by atoms with Crippen molar-refractivity contribution in [1.29, 1.82) is 0 Å². The molecule has 0 amide bonds. The van der Waals surface area contributed by atoms with E-state index in [4.69, 9.17) is 4.42 Å². The van der Waals surface area contributed by atoms with Crippen LogP contribution in [-0.4, -0.2) is 0 Å². The van der Waals surface area contributed by atoms with Crippen LogP contribution in [0.1, 0.15) is 39.2 Å². The van der Waals surface area contributed by atoms with Crippen LogP contribution in [0.5, 0.6) is 0 Å². The van der Waals surface area contributed by atoms with E-state index in [2.05, 4.69) is 26.0 Å². The number of hydrogen-bond acceptors (Lipinski definition) is 1. The summed E-state index contributed by atoms with van der Waals surface area (Å²) in [5.74, 6) is 0.587. The SMILES string of the molecule is CC.CC(C)c1ccc2occc2c1. The van der Waals surface area contributed by atoms with Crippen molar-refractivity contribution in [2.75, 3.05) is 0 Å². The Morgan fingerprint density at radius 3 is 2.43 bits per heavy atom. The van der Waals surface area contributed by atoms with Crippen molar-refractivity contribution in [1.82, 2.24) is 0 Å². The number of furan rings is 1. The molecule has 1 aromatic heterocycles. The molecule has 0 saturated carbocycles. The van der Waals surface area contributed by atoms with Gasteiger partial charge < -0.3 is 4.42 Å². The maximum absolute atomic E-state index is 5.25. The summed E-state index contributed by atoms with van der Waals surface area (Å²) in [5.41, 5.74) is 2.34. The van der Waals surface area contributed by atoms with Crippen molar-refractivity contribution in [2.24, 2.45) is 0 Å². The van der Waals surface area contributed by atoms with Gasteiger partial charge in [0.1, 0.15) is 5.58 Å². The first kappa shape index (κ1) is 10.8. The van der Waals surface area contributed by atoms with Gasteiger partial charge in [0.05, 0.1) is 6.26 Å². The summed E-state index contributed by atoms with van der Waals surface area (Å²) in [4.78, 5) is 0. The maximum Gasteiger partial charge on any atom is 0.133 e. The largest absolute Gasteiger partial charge is 0.464 e. The summed E-state index contributed by atoms with van der Waals surface area (Å²) < 4.78 is 5.25. The lowest BCUT2D eigenvalue weighted by Crippen LogP contribution is -1.84. The number of benzene rings is 1. The smallest absolute Gasteiger partial charge is 0.133 e. The molecule has 1 heterocycles. The molecule has 14 heavy (non-hydrogen) atoms. The fourth-order valence-corrected chi connectivity index (χ4v) is 1.34. The zero-order valence-corrected chi connectivity index (χ0v) is 9.37. The lowest BCUT2D eigenvalue weighted by atomic mass is 10.0. The summed E-state index contributed by atoms with van der Waals surface area (Å²) in [6.45, 7) is 8.39. The average molecular weight is 190 g/mol. The Labute approximate surface area is 85.7 Å². The van der Waals surface area contributed by atoms with E-state index in [0.29, 0.717) is 5.92 Å². The molecule has 1 heteroatoms. The minimum Gasteiger partial charge on any atom is -0.464 e. The quantitative estimate of drug-likeness (QED) is 0.641. The predicted octanol–water partition coefficient (Wildman–Crippen LogP) is 4.58. The van der Waals surface area contributed by atoms with Gasteiger partial charge in [-0.05, 0) is 29.7 Å². The second-order valence-electron chi connectivity index (χ2n) is 3.37. The Bertz CT molecular complexity index is 385. The van der Waals surface area contributed by atoms with Crippen LogP contribution in [-0.2, 0) is 0 Å². The Balaban J connectivity index is 0.000000461. The summed E-state index contributed by atoms with van der Waals surface area (Å²) >= 11 is 0. The maximum atomic E-state index is 5.25. The van der Waals surface area contributed by atoms with E-state index in [-0.39, 0.29) is 0 Å². The van der Waals surface area contributed by atoms with Gasteiger partial charge in [-0.2, -0.15) is 0 Å². The first-order chi connectivity index (χ1) is 6.77. The molecule has 0 spiro atoms. The lowest BCUT2D eigenvalue weighted by Gasteiger charge is -2.03. The minimum atomic E-state index is 0.587. The third kappa shape index (κ3) is 2.16. The van der Waals surface area contributed by atoms with Crippen LogP contribution < -0.4 is 0 Å². The summed E-state index contributed by atoms with van der Waals surface area (Å²) in [6, 6.07) is 8.34. The van der Waals surface area contributed by atoms with Crippen LogP contribution in [0.25, 0.3) is 11.0 Å². The van der Waals surface area contributed by atoms with E-state index >= 15 is 0 Å². The monoisotopic (exact) mass is 190 g/mol. The van der Waals surface area contributed by atoms with Crippen LogP contribution >= 0.6 is 0 Å². The van der Waals surface area contributed by atoms with Gasteiger partial charge in [-0.1, -0.05) is 33.8 Å². The normalized spacial score (nSPS) is 10.1. The van der Waals surface area contributed by atoms with Crippen LogP contribution in [0, 0.1) is 0 Å². The Hall–Kier alpha value is -1.24. The van der Waals surface area contributed by atoms with E-state index < -0.39 is 0 Å². The molecule has 0 aliphatic carbocycles. The highest BCUT2D eigenvalue weighted by Gasteiger charge is 2.01. The van der Waals surface area contributed by atoms with Crippen molar-refractivity contribution < 1.29 is 4.42 Å². The Kier molecular flexibility index (Phi) is 3.75. The molecule has 0 saturated heterocycles. The van der Waals surface area contributed by atoms with E-state index in [0.717, 1.165) is 5.58 Å². The highest BCUT2D eigenvalue weighted by atomic mass is 16.3. The molecule has 0 fully saturated rings. The number of hydrogen-bond donors (Lipinski definition) is 0. The highest BCUT2D eigenvalue weighted by molar-refractivity contribution is 5.77. The zero-order chi connectivity index (χ0) is 10.6. The fourth-order valence-electron chi connectivity index (χ4n) is 1.34. The van der Waals surface area contributed by atoms with Gasteiger partial charge in [-0.3, -0.25) is 0 Å². The molecule has 0 aliphatic rings. The van der Waals surface area contributed by atoms with Crippen LogP contribution in [0.4, 0.5) is 0 Å². The molecule has 0 atom stereocenters. The third-order valence-electron chi connectivity index (χ3n) is 2.14. The van der Waals surface area contributed by atoms with Gasteiger partial charge in [-0.25, -0.2) is 0 Å². The second kappa shape index (κ2) is 4.85. The van der Waals surface area contributed by atoms with Crippen molar-refractivity contribution >= 4 is 11.0 Å². The molecule has 2 rings (SSSR count). The van der Waals surface area contributed by atoms with Crippen LogP contribution in [0.2, 0.25) is 0 Å². The standard InChI is InChI=1S/C11H12O.C2H6/c1-8(2)9-3-4-11-10(7-9)5-6-12-11;1-2/h3-8H,1-2H3;1-2H3. The topological polar surface area (TPSA) is 13.1 Å². The van der Waals surface area contributed by atoms with Gasteiger partial charge in [0.25, 0.3) is 0 Å². The van der Waals surface area contributed by atoms with Crippen LogP contribution in [0.3, 0.4) is 0 Å². The van der Waals surface area contributed by atoms with Crippen molar-refractivity contribution in [2.45, 2.75) is 33.6 Å². The molecule has 0 aliphatic heterocycles. The van der Waals surface area contributed by atoms with Crippen molar-refractivity contribution in [3.8, 4) is 0 Å². The van der Waals surface area contributed by atoms with Crippen LogP contribution in [0.15, 0.2) is 34.9 Å². The van der Waals surface area contributed by atoms with Gasteiger partial charge in [-0.15, -0.1) is 0 Å². The Morgan fingerprint density at radius 2 is 1.79 bits per heavy atom. The lowest BCUT2D eigenvalue weighted by molar-refractivity contribution is 0.615. The zero-order valence-electron chi connectivity index (χ0n) is 9.37. The summed E-state index contributed by atoms with van der Waals surface area (Å²) in [5, 5.41) is 1.20. The molecule has 2 aromatic rings. The molecule has 0 N–H and O–H groups in total. The third-order valence-corrected chi connectivity index (χ3v) is 2.14. The predicted molar refractivity (Wildman–Crippen MR) is 61.7 cm³/mol. The van der Waals surface area contributed by atoms with Gasteiger partial charge >= 0.3 is 0 Å². The molecule has 76 valence electrons. The van der Waals surface area contributed by atoms with E-state index in [1.165, 1.54) is 10.9 Å². The highest BCUT2D eigenvalue weighted by Crippen LogP contribution is 2.21. The van der Waals surface area contributed by atoms with E-state index in [1.54, 1.807) is 6.26 Å². The fraction of sp³-hybridized carbons (Fsp3) is 0.385. The molecular weight excluding hydrogens is 172 g/mol. The summed E-state index contributed by atoms with van der Waals surface area (Å²) in [7, 11) is 0. The van der Waals surface area contributed by atoms with Crippen molar-refractivity contribution in [3.05, 3.63) is 36.1 Å². The van der Waals surface area contributed by atoms with Crippen molar-refractivity contribution in [3.63, 3.8) is 0 Å². The molecular formula is C13H18O. The van der Waals surface area contributed by atoms with Gasteiger partial charge in [0.2, 0.25) is 0 Å².